The van der Waals surface area contributed by atoms with E-state index in [1.54, 1.807) is 36.6 Å². The second kappa shape index (κ2) is 6.85. The van der Waals surface area contributed by atoms with E-state index in [4.69, 9.17) is 5.73 Å². The lowest BCUT2D eigenvalue weighted by molar-refractivity contribution is -0.122. The summed E-state index contributed by atoms with van der Waals surface area (Å²) >= 11 is 0. The van der Waals surface area contributed by atoms with Crippen LogP contribution in [0.3, 0.4) is 0 Å². The third kappa shape index (κ3) is 3.92. The number of nitrogens with two attached hydrogens (primary N) is 1. The minimum absolute atomic E-state index is 0.166. The van der Waals surface area contributed by atoms with Crippen LogP contribution in [0.15, 0.2) is 31.1 Å². The van der Waals surface area contributed by atoms with Crippen LogP contribution in [0.4, 0.5) is 0 Å². The summed E-state index contributed by atoms with van der Waals surface area (Å²) in [7, 11) is 1.80. The Bertz CT molecular complexity index is 533. The highest BCUT2D eigenvalue weighted by molar-refractivity contribution is 5.82. The van der Waals surface area contributed by atoms with Gasteiger partial charge in [0.25, 0.3) is 0 Å². The van der Waals surface area contributed by atoms with Crippen LogP contribution in [0.1, 0.15) is 24.4 Å². The van der Waals surface area contributed by atoms with Gasteiger partial charge in [0.1, 0.15) is 6.04 Å². The van der Waals surface area contributed by atoms with Crippen molar-refractivity contribution in [3.63, 3.8) is 0 Å². The van der Waals surface area contributed by atoms with Gasteiger partial charge in [-0.05, 0) is 12.8 Å². The maximum Gasteiger partial charge on any atom is 0.241 e. The third-order valence-electron chi connectivity index (χ3n) is 3.07. The van der Waals surface area contributed by atoms with Gasteiger partial charge in [0, 0.05) is 44.3 Å². The van der Waals surface area contributed by atoms with Gasteiger partial charge < -0.3 is 15.6 Å². The summed E-state index contributed by atoms with van der Waals surface area (Å²) in [4.78, 5) is 15.8. The second-order valence-corrected chi connectivity index (χ2v) is 4.72. The standard InChI is InChI=1S/C13H20N6O/c1-18-9-11(8-17-18)12(14)13(20)16-4-2-3-6-19-7-5-15-10-19/h5,7-10,12H,2-4,6,14H2,1H3,(H,16,20). The molecule has 0 spiro atoms. The van der Waals surface area contributed by atoms with Gasteiger partial charge in [0.05, 0.1) is 12.5 Å². The van der Waals surface area contributed by atoms with E-state index in [1.165, 1.54) is 0 Å². The van der Waals surface area contributed by atoms with Crippen LogP contribution in [0.25, 0.3) is 0 Å². The van der Waals surface area contributed by atoms with Crippen molar-refractivity contribution >= 4 is 5.91 Å². The molecule has 0 bridgehead atoms. The third-order valence-corrected chi connectivity index (χ3v) is 3.07. The number of imidazole rings is 1. The highest BCUT2D eigenvalue weighted by Crippen LogP contribution is 2.08. The fourth-order valence-corrected chi connectivity index (χ4v) is 1.91. The van der Waals surface area contributed by atoms with E-state index in [0.717, 1.165) is 24.9 Å². The topological polar surface area (TPSA) is 90.8 Å². The predicted octanol–water partition coefficient (Wildman–Crippen LogP) is 0.213. The fourth-order valence-electron chi connectivity index (χ4n) is 1.91. The van der Waals surface area contributed by atoms with Gasteiger partial charge >= 0.3 is 0 Å². The number of rotatable bonds is 7. The average Bonchev–Trinajstić information content (AvgIpc) is 3.08. The zero-order chi connectivity index (χ0) is 14.4. The van der Waals surface area contributed by atoms with Crippen LogP contribution < -0.4 is 11.1 Å². The zero-order valence-corrected chi connectivity index (χ0v) is 11.6. The van der Waals surface area contributed by atoms with Gasteiger partial charge in [0.2, 0.25) is 5.91 Å². The number of unbranched alkanes of at least 4 members (excludes halogenated alkanes) is 1. The summed E-state index contributed by atoms with van der Waals surface area (Å²) < 4.78 is 3.65. The molecule has 7 heteroatoms. The first kappa shape index (κ1) is 14.3. The van der Waals surface area contributed by atoms with E-state index in [9.17, 15) is 4.79 Å². The molecule has 0 aliphatic rings. The molecule has 1 atom stereocenters. The first-order valence-corrected chi connectivity index (χ1v) is 6.64. The predicted molar refractivity (Wildman–Crippen MR) is 74.6 cm³/mol. The molecule has 2 aromatic heterocycles. The van der Waals surface area contributed by atoms with Crippen LogP contribution in [0.5, 0.6) is 0 Å². The molecule has 7 nitrogen and oxygen atoms in total. The smallest absolute Gasteiger partial charge is 0.241 e. The maximum absolute atomic E-state index is 11.9. The molecule has 1 amide bonds. The number of nitrogens with zero attached hydrogens (tertiary/aromatic N) is 4. The molecule has 2 aromatic rings. The monoisotopic (exact) mass is 276 g/mol. The lowest BCUT2D eigenvalue weighted by atomic mass is 10.1. The van der Waals surface area contributed by atoms with Crippen LogP contribution in [-0.2, 0) is 18.4 Å². The molecule has 3 N–H and O–H groups in total. The average molecular weight is 276 g/mol. The Kier molecular flexibility index (Phi) is 4.89. The second-order valence-electron chi connectivity index (χ2n) is 4.72. The van der Waals surface area contributed by atoms with Crippen LogP contribution >= 0.6 is 0 Å². The van der Waals surface area contributed by atoms with Crippen LogP contribution in [-0.4, -0.2) is 31.8 Å². The molecule has 2 rings (SSSR count). The van der Waals surface area contributed by atoms with E-state index in [0.29, 0.717) is 6.54 Å². The summed E-state index contributed by atoms with van der Waals surface area (Å²) in [6, 6.07) is -0.655. The van der Waals surface area contributed by atoms with Gasteiger partial charge in [-0.1, -0.05) is 0 Å². The molecule has 0 radical (unpaired) electrons. The van der Waals surface area contributed by atoms with Crippen molar-refractivity contribution in [1.29, 1.82) is 0 Å². The Balaban J connectivity index is 1.65. The SMILES string of the molecule is Cn1cc(C(N)C(=O)NCCCCn2ccnc2)cn1. The van der Waals surface area contributed by atoms with Gasteiger partial charge in [-0.15, -0.1) is 0 Å². The molecule has 0 aromatic carbocycles. The fraction of sp³-hybridized carbons (Fsp3) is 0.462. The number of aryl methyl sites for hydroxylation is 2. The van der Waals surface area contributed by atoms with Crippen molar-refractivity contribution in [2.45, 2.75) is 25.4 Å². The highest BCUT2D eigenvalue weighted by atomic mass is 16.2. The summed E-state index contributed by atoms with van der Waals surface area (Å²) in [6.45, 7) is 1.53. The molecule has 2 heterocycles. The van der Waals surface area contributed by atoms with Crippen molar-refractivity contribution in [3.8, 4) is 0 Å². The number of carbonyl (C=O) groups excluding carboxylic acids is 1. The molecular weight excluding hydrogens is 256 g/mol. The minimum Gasteiger partial charge on any atom is -0.354 e. The largest absolute Gasteiger partial charge is 0.354 e. The van der Waals surface area contributed by atoms with E-state index < -0.39 is 6.04 Å². The number of hydrogen-bond acceptors (Lipinski definition) is 4. The summed E-state index contributed by atoms with van der Waals surface area (Å²) in [5, 5.41) is 6.85. The minimum atomic E-state index is -0.655. The van der Waals surface area contributed by atoms with Crippen molar-refractivity contribution in [3.05, 3.63) is 36.7 Å². The van der Waals surface area contributed by atoms with Crippen molar-refractivity contribution in [2.24, 2.45) is 12.8 Å². The number of carbonyl (C=O) groups is 1. The normalized spacial score (nSPS) is 12.3. The van der Waals surface area contributed by atoms with E-state index >= 15 is 0 Å². The Morgan fingerprint density at radius 2 is 2.35 bits per heavy atom. The van der Waals surface area contributed by atoms with Crippen molar-refractivity contribution < 1.29 is 4.79 Å². The van der Waals surface area contributed by atoms with Crippen molar-refractivity contribution in [1.82, 2.24) is 24.6 Å². The number of hydrogen-bond donors (Lipinski definition) is 2. The Morgan fingerprint density at radius 3 is 3.00 bits per heavy atom. The van der Waals surface area contributed by atoms with E-state index in [1.807, 2.05) is 10.8 Å². The first-order valence-electron chi connectivity index (χ1n) is 6.64. The van der Waals surface area contributed by atoms with E-state index in [2.05, 4.69) is 15.4 Å². The highest BCUT2D eigenvalue weighted by Gasteiger charge is 2.16. The maximum atomic E-state index is 11.9. The summed E-state index contributed by atoms with van der Waals surface area (Å²) in [5.41, 5.74) is 6.59. The molecule has 0 fully saturated rings. The number of aromatic nitrogens is 4. The molecule has 0 saturated heterocycles. The van der Waals surface area contributed by atoms with E-state index in [-0.39, 0.29) is 5.91 Å². The van der Waals surface area contributed by atoms with Crippen LogP contribution in [0, 0.1) is 0 Å². The Morgan fingerprint density at radius 1 is 1.50 bits per heavy atom. The molecule has 0 aliphatic carbocycles. The summed E-state index contributed by atoms with van der Waals surface area (Å²) in [6.07, 6.45) is 10.7. The molecule has 1 unspecified atom stereocenters. The van der Waals surface area contributed by atoms with Crippen LogP contribution in [0.2, 0.25) is 0 Å². The lowest BCUT2D eigenvalue weighted by Crippen LogP contribution is -2.34. The van der Waals surface area contributed by atoms with Gasteiger partial charge in [-0.25, -0.2) is 4.98 Å². The molecule has 0 aliphatic heterocycles. The zero-order valence-electron chi connectivity index (χ0n) is 11.6. The Hall–Kier alpha value is -2.15. The summed E-state index contributed by atoms with van der Waals surface area (Å²) in [5.74, 6) is -0.166. The van der Waals surface area contributed by atoms with Gasteiger partial charge in [-0.2, -0.15) is 5.10 Å². The number of amides is 1. The van der Waals surface area contributed by atoms with Crippen molar-refractivity contribution in [2.75, 3.05) is 6.54 Å². The Labute approximate surface area is 117 Å². The number of nitrogens with one attached hydrogen (secondary N) is 1. The molecular formula is C13H20N6O. The lowest BCUT2D eigenvalue weighted by Gasteiger charge is -2.10. The van der Waals surface area contributed by atoms with Gasteiger partial charge in [0.15, 0.2) is 0 Å². The molecule has 108 valence electrons. The van der Waals surface area contributed by atoms with Gasteiger partial charge in [-0.3, -0.25) is 9.48 Å². The molecule has 20 heavy (non-hydrogen) atoms. The first-order chi connectivity index (χ1) is 9.66. The molecule has 0 saturated carbocycles. The quantitative estimate of drug-likeness (QED) is 0.707.